The van der Waals surface area contributed by atoms with Crippen molar-refractivity contribution in [2.24, 2.45) is 14.1 Å². The highest BCUT2D eigenvalue weighted by atomic mass is 16.2. The van der Waals surface area contributed by atoms with Crippen LogP contribution in [0.5, 0.6) is 0 Å². The van der Waals surface area contributed by atoms with E-state index in [4.69, 9.17) is 0 Å². The highest BCUT2D eigenvalue weighted by Crippen LogP contribution is 2.35. The van der Waals surface area contributed by atoms with E-state index in [9.17, 15) is 28.8 Å². The van der Waals surface area contributed by atoms with E-state index in [0.29, 0.717) is 60.6 Å². The van der Waals surface area contributed by atoms with Crippen LogP contribution in [0, 0.1) is 11.8 Å². The van der Waals surface area contributed by atoms with E-state index in [2.05, 4.69) is 61.7 Å². The topological polar surface area (TPSA) is 184 Å². The Morgan fingerprint density at radius 2 is 1.57 bits per heavy atom. The molecule has 2 aromatic heterocycles. The molecule has 5 amide bonds. The molecular weight excluding hydrogens is 889 g/mol. The molecule has 0 saturated carbocycles. The molecule has 356 valence electrons. The number of piperazine rings is 1. The number of imidazole rings is 1. The molecule has 0 bridgehead atoms. The lowest BCUT2D eigenvalue weighted by Crippen LogP contribution is -2.48. The maximum absolute atomic E-state index is 14.1. The number of piperidine rings is 1. The number of nitrogens with zero attached hydrogens (tertiary/aromatic N) is 9. The fourth-order valence-electron chi connectivity index (χ4n) is 10.1. The van der Waals surface area contributed by atoms with E-state index in [1.54, 1.807) is 48.8 Å². The van der Waals surface area contributed by atoms with E-state index in [1.807, 2.05) is 71.8 Å². The van der Waals surface area contributed by atoms with Gasteiger partial charge in [-0.15, -0.1) is 0 Å². The maximum Gasteiger partial charge on any atom is 0.350 e. The summed E-state index contributed by atoms with van der Waals surface area (Å²) in [4.78, 5) is 85.9. The third kappa shape index (κ3) is 8.08. The molecule has 0 aliphatic carbocycles. The molecule has 4 aromatic carbocycles. The quantitative estimate of drug-likeness (QED) is 0.142. The molecule has 4 aliphatic heterocycles. The van der Waals surface area contributed by atoms with Gasteiger partial charge in [0.15, 0.2) is 0 Å². The number of aryl methyl sites for hydroxylation is 2. The molecule has 3 saturated heterocycles. The predicted octanol–water partition coefficient (Wildman–Crippen LogP) is 3.84. The third-order valence-corrected chi connectivity index (χ3v) is 13.8. The van der Waals surface area contributed by atoms with E-state index in [-0.39, 0.29) is 42.1 Å². The Morgan fingerprint density at radius 1 is 0.814 bits per heavy atom. The number of imide groups is 1. The lowest BCUT2D eigenvalue weighted by Gasteiger charge is -2.37. The van der Waals surface area contributed by atoms with Gasteiger partial charge in [-0.3, -0.25) is 38.6 Å². The van der Waals surface area contributed by atoms with Gasteiger partial charge >= 0.3 is 17.4 Å². The molecule has 18 heteroatoms. The Morgan fingerprint density at radius 3 is 2.30 bits per heavy atom. The minimum absolute atomic E-state index is 0.172. The second-order valence-electron chi connectivity index (χ2n) is 17.7. The van der Waals surface area contributed by atoms with Gasteiger partial charge in [0.05, 0.1) is 22.4 Å². The Kier molecular flexibility index (Phi) is 11.9. The molecule has 18 nitrogen and oxygen atoms in total. The lowest BCUT2D eigenvalue weighted by molar-refractivity contribution is -0.135. The van der Waals surface area contributed by atoms with E-state index >= 15 is 0 Å². The molecule has 3 fully saturated rings. The first-order valence-electron chi connectivity index (χ1n) is 23.4. The van der Waals surface area contributed by atoms with Gasteiger partial charge in [0, 0.05) is 94.9 Å². The number of anilines is 3. The lowest BCUT2D eigenvalue weighted by atomic mass is 9.90. The Bertz CT molecular complexity index is 3360. The second kappa shape index (κ2) is 18.5. The predicted molar refractivity (Wildman–Crippen MR) is 267 cm³/mol. The van der Waals surface area contributed by atoms with Gasteiger partial charge in [-0.25, -0.2) is 23.6 Å². The molecule has 0 radical (unpaired) electrons. The number of amides is 5. The number of rotatable bonds is 9. The van der Waals surface area contributed by atoms with Crippen LogP contribution in [0.2, 0.25) is 0 Å². The fourth-order valence-corrected chi connectivity index (χ4v) is 10.1. The largest absolute Gasteiger partial charge is 0.368 e. The number of carbonyl (C=O) groups is 4. The smallest absolute Gasteiger partial charge is 0.350 e. The van der Waals surface area contributed by atoms with Crippen LogP contribution in [0.15, 0.2) is 119 Å². The van der Waals surface area contributed by atoms with Gasteiger partial charge in [0.2, 0.25) is 11.8 Å². The first-order valence-corrected chi connectivity index (χ1v) is 23.4. The molecular formula is C52H52N12O6. The number of nitrogens with one attached hydrogen (secondary N) is 3. The van der Waals surface area contributed by atoms with Crippen LogP contribution >= 0.6 is 0 Å². The number of carbonyl (C=O) groups excluding carboxylic acids is 4. The highest BCUT2D eigenvalue weighted by molar-refractivity contribution is 6.01. The average Bonchev–Trinajstić information content (AvgIpc) is 4.02. The molecule has 2 atom stereocenters. The summed E-state index contributed by atoms with van der Waals surface area (Å²) in [5.74, 6) is 5.81. The molecule has 2 unspecified atom stereocenters. The van der Waals surface area contributed by atoms with Gasteiger partial charge in [0.25, 0.3) is 5.91 Å². The fraction of sp³-hybridized carbons (Fsp3) is 0.288. The van der Waals surface area contributed by atoms with Crippen LogP contribution in [0.3, 0.4) is 0 Å². The zero-order valence-electron chi connectivity index (χ0n) is 39.3. The van der Waals surface area contributed by atoms with E-state index < -0.39 is 18.1 Å². The summed E-state index contributed by atoms with van der Waals surface area (Å²) >= 11 is 0. The molecule has 0 spiro atoms. The van der Waals surface area contributed by atoms with Crippen molar-refractivity contribution in [2.45, 2.75) is 38.4 Å². The van der Waals surface area contributed by atoms with Crippen LogP contribution in [-0.2, 0) is 23.7 Å². The number of hydrogen-bond donors (Lipinski definition) is 3. The number of dihydropyridines is 1. The van der Waals surface area contributed by atoms with Crippen molar-refractivity contribution in [1.29, 1.82) is 0 Å². The van der Waals surface area contributed by atoms with Crippen LogP contribution in [0.1, 0.15) is 59.3 Å². The first-order chi connectivity index (χ1) is 33.9. The van der Waals surface area contributed by atoms with Crippen LogP contribution < -0.4 is 42.0 Å². The number of urea groups is 1. The molecule has 6 aromatic rings. The number of allylic oxidation sites excluding steroid dienone is 2. The van der Waals surface area contributed by atoms with Crippen molar-refractivity contribution >= 4 is 57.4 Å². The van der Waals surface area contributed by atoms with Gasteiger partial charge < -0.3 is 20.4 Å². The number of hydrogen-bond acceptors (Lipinski definition) is 10. The van der Waals surface area contributed by atoms with Crippen molar-refractivity contribution in [1.82, 2.24) is 44.3 Å². The van der Waals surface area contributed by atoms with Crippen molar-refractivity contribution in [3.63, 3.8) is 0 Å². The summed E-state index contributed by atoms with van der Waals surface area (Å²) in [6.45, 7) is 5.86. The molecule has 3 N–H and O–H groups in total. The van der Waals surface area contributed by atoms with Crippen molar-refractivity contribution in [2.75, 3.05) is 61.0 Å². The highest BCUT2D eigenvalue weighted by Gasteiger charge is 2.38. The number of fused-ring (bicyclic) bond motifs is 1. The normalized spacial score (nSPS) is 18.3. The number of benzene rings is 4. The standard InChI is InChI=1S/C52H52N12O6/c1-5-39-41(22-23-54-47(39)62-29-28-61(52(62)70)37-9-6-8-35(31-37)48(66)53-2)40-19-18-38(63-32-55-58(4)51(63)69)30-34(40)15-12-33-13-16-36(17-14-33)59-24-26-60(27-25-59)42-10-7-11-43-46(42)57(3)50(68)64(43)44-20-21-45(65)56-49(44)67/h6-11,13-14,16-19,22-23,30-32,44,47,54H,5,20-21,24-29H2,1-4H3,(H,53,66)(H,56,65,67). The average molecular weight is 941 g/mol. The van der Waals surface area contributed by atoms with Crippen molar-refractivity contribution in [3.8, 4) is 17.5 Å². The van der Waals surface area contributed by atoms with Gasteiger partial charge in [-0.1, -0.05) is 37.0 Å². The molecule has 70 heavy (non-hydrogen) atoms. The zero-order valence-corrected chi connectivity index (χ0v) is 39.3. The van der Waals surface area contributed by atoms with Gasteiger partial charge in [-0.05, 0) is 109 Å². The van der Waals surface area contributed by atoms with E-state index in [1.165, 1.54) is 20.1 Å². The second-order valence-corrected chi connectivity index (χ2v) is 17.7. The van der Waals surface area contributed by atoms with Crippen LogP contribution in [0.25, 0.3) is 22.3 Å². The monoisotopic (exact) mass is 940 g/mol. The third-order valence-electron chi connectivity index (χ3n) is 13.8. The molecule has 4 aliphatic rings. The first kappa shape index (κ1) is 45.2. The van der Waals surface area contributed by atoms with Crippen LogP contribution in [0.4, 0.5) is 21.9 Å². The van der Waals surface area contributed by atoms with Crippen LogP contribution in [-0.4, -0.2) is 105 Å². The number of para-hydroxylation sites is 1. The van der Waals surface area contributed by atoms with Gasteiger partial charge in [-0.2, -0.15) is 5.10 Å². The maximum atomic E-state index is 14.1. The van der Waals surface area contributed by atoms with Crippen molar-refractivity contribution in [3.05, 3.63) is 152 Å². The summed E-state index contributed by atoms with van der Waals surface area (Å²) in [6.07, 6.45) is 6.01. The molecule has 6 heterocycles. The summed E-state index contributed by atoms with van der Waals surface area (Å²) in [5, 5.41) is 12.6. The minimum atomic E-state index is -0.750. The minimum Gasteiger partial charge on any atom is -0.368 e. The number of aromatic nitrogens is 5. The Hall–Kier alpha value is -8.59. The van der Waals surface area contributed by atoms with Gasteiger partial charge in [0.1, 0.15) is 18.5 Å². The summed E-state index contributed by atoms with van der Waals surface area (Å²) in [7, 11) is 4.90. The SMILES string of the molecule is CCC1=C(c2ccc(-n3cnn(C)c3=O)cc2C#Cc2ccc(N3CCN(c4cccc5c4n(C)c(=O)n5C4CCC(=O)NC4=O)CC3)cc2)C=CNC1N1CCN(c2cccc(C(=O)NC)c2)C1=O. The zero-order chi connectivity index (χ0) is 48.8. The summed E-state index contributed by atoms with van der Waals surface area (Å²) < 4.78 is 5.87. The Balaban J connectivity index is 0.896. The summed E-state index contributed by atoms with van der Waals surface area (Å²) in [6, 6.07) is 25.8. The van der Waals surface area contributed by atoms with Crippen molar-refractivity contribution < 1.29 is 19.2 Å². The van der Waals surface area contributed by atoms with E-state index in [0.717, 1.165) is 52.3 Å². The Labute approximate surface area is 403 Å². The molecule has 10 rings (SSSR count). The summed E-state index contributed by atoms with van der Waals surface area (Å²) in [5.41, 5.74) is 8.82.